The Hall–Kier alpha value is -0.120. The molecule has 0 bridgehead atoms. The zero-order valence-corrected chi connectivity index (χ0v) is 9.92. The predicted molar refractivity (Wildman–Crippen MR) is 59.6 cm³/mol. The van der Waals surface area contributed by atoms with Gasteiger partial charge in [0.1, 0.15) is 0 Å². The first-order valence-electron chi connectivity index (χ1n) is 5.68. The van der Waals surface area contributed by atoms with E-state index in [9.17, 15) is 0 Å². The summed E-state index contributed by atoms with van der Waals surface area (Å²) in [4.78, 5) is 2.48. The largest absolute Gasteiger partial charge is 0.377 e. The third-order valence-electron chi connectivity index (χ3n) is 3.35. The predicted octanol–water partition coefficient (Wildman–Crippen LogP) is 1.09. The highest BCUT2D eigenvalue weighted by atomic mass is 16.5. The average Bonchev–Trinajstić information content (AvgIpc) is 2.59. The molecule has 3 nitrogen and oxygen atoms in total. The summed E-state index contributed by atoms with van der Waals surface area (Å²) in [5.41, 5.74) is 0. The van der Waals surface area contributed by atoms with E-state index in [-0.39, 0.29) is 0 Å². The maximum Gasteiger partial charge on any atom is 0.0703 e. The molecule has 1 N–H and O–H groups in total. The van der Waals surface area contributed by atoms with Crippen LogP contribution in [0.25, 0.3) is 0 Å². The minimum Gasteiger partial charge on any atom is -0.377 e. The quantitative estimate of drug-likeness (QED) is 0.719. The van der Waals surface area contributed by atoms with E-state index in [1.54, 1.807) is 0 Å². The van der Waals surface area contributed by atoms with Crippen molar-refractivity contribution in [3.63, 3.8) is 0 Å². The molecule has 0 aromatic heterocycles. The number of hydrogen-bond donors (Lipinski definition) is 1. The Balaban J connectivity index is 2.48. The Bertz CT molecular complexity index is 163. The Kier molecular flexibility index (Phi) is 4.85. The summed E-state index contributed by atoms with van der Waals surface area (Å²) in [7, 11) is 4.24. The Morgan fingerprint density at radius 2 is 2.29 bits per heavy atom. The summed E-state index contributed by atoms with van der Waals surface area (Å²) in [6, 6.07) is 1.24. The van der Waals surface area contributed by atoms with Gasteiger partial charge in [0, 0.05) is 25.2 Å². The summed E-state index contributed by atoms with van der Waals surface area (Å²) in [6.07, 6.45) is 2.77. The van der Waals surface area contributed by atoms with Crippen LogP contribution in [0, 0.1) is 0 Å². The van der Waals surface area contributed by atoms with E-state index in [1.807, 2.05) is 7.05 Å². The van der Waals surface area contributed by atoms with Crippen LogP contribution in [0.4, 0.5) is 0 Å². The van der Waals surface area contributed by atoms with Crippen molar-refractivity contribution in [1.82, 2.24) is 10.2 Å². The second-order valence-electron chi connectivity index (χ2n) is 4.22. The third kappa shape index (κ3) is 2.69. The van der Waals surface area contributed by atoms with E-state index in [0.29, 0.717) is 18.2 Å². The lowest BCUT2D eigenvalue weighted by molar-refractivity contribution is 0.0666. The van der Waals surface area contributed by atoms with E-state index in [0.717, 1.165) is 13.2 Å². The fourth-order valence-electron chi connectivity index (χ4n) is 2.34. The first kappa shape index (κ1) is 12.0. The van der Waals surface area contributed by atoms with E-state index >= 15 is 0 Å². The highest BCUT2D eigenvalue weighted by Gasteiger charge is 2.30. The molecule has 0 aliphatic carbocycles. The average molecular weight is 200 g/mol. The topological polar surface area (TPSA) is 24.5 Å². The Morgan fingerprint density at radius 3 is 2.71 bits per heavy atom. The highest BCUT2D eigenvalue weighted by Crippen LogP contribution is 2.20. The van der Waals surface area contributed by atoms with Crippen LogP contribution in [0.5, 0.6) is 0 Å². The zero-order valence-electron chi connectivity index (χ0n) is 9.92. The summed E-state index contributed by atoms with van der Waals surface area (Å²) < 4.78 is 5.60. The molecule has 14 heavy (non-hydrogen) atoms. The standard InChI is InChI=1S/C11H24N2O/c1-5-10(8-12-3)13(4)11-6-7-14-9(11)2/h9-12H,5-8H2,1-4H3. The van der Waals surface area contributed by atoms with Crippen molar-refractivity contribution in [2.75, 3.05) is 27.2 Å². The van der Waals surface area contributed by atoms with Crippen molar-refractivity contribution in [2.45, 2.75) is 44.9 Å². The first-order valence-corrected chi connectivity index (χ1v) is 5.68. The summed E-state index contributed by atoms with van der Waals surface area (Å²) in [6.45, 7) is 6.42. The number of likely N-dealkylation sites (N-methyl/N-ethyl adjacent to an activating group) is 2. The molecule has 1 aliphatic rings. The van der Waals surface area contributed by atoms with Crippen molar-refractivity contribution in [2.24, 2.45) is 0 Å². The lowest BCUT2D eigenvalue weighted by Crippen LogP contribution is -2.47. The molecule has 0 saturated carbocycles. The van der Waals surface area contributed by atoms with Crippen LogP contribution < -0.4 is 5.32 Å². The van der Waals surface area contributed by atoms with Gasteiger partial charge >= 0.3 is 0 Å². The summed E-state index contributed by atoms with van der Waals surface area (Å²) in [5.74, 6) is 0. The molecule has 0 radical (unpaired) electrons. The molecule has 1 fully saturated rings. The van der Waals surface area contributed by atoms with Gasteiger partial charge in [0.15, 0.2) is 0 Å². The van der Waals surface area contributed by atoms with Gasteiger partial charge in [-0.25, -0.2) is 0 Å². The molecule has 0 aromatic carbocycles. The van der Waals surface area contributed by atoms with E-state index < -0.39 is 0 Å². The van der Waals surface area contributed by atoms with E-state index in [1.165, 1.54) is 12.8 Å². The molecule has 3 atom stereocenters. The van der Waals surface area contributed by atoms with Gasteiger partial charge in [-0.2, -0.15) is 0 Å². The molecule has 0 amide bonds. The number of nitrogens with one attached hydrogen (secondary N) is 1. The Morgan fingerprint density at radius 1 is 1.57 bits per heavy atom. The van der Waals surface area contributed by atoms with Gasteiger partial charge < -0.3 is 10.1 Å². The van der Waals surface area contributed by atoms with Crippen LogP contribution in [-0.4, -0.2) is 50.3 Å². The van der Waals surface area contributed by atoms with Crippen molar-refractivity contribution in [3.8, 4) is 0 Å². The van der Waals surface area contributed by atoms with Crippen molar-refractivity contribution >= 4 is 0 Å². The number of rotatable bonds is 5. The molecular formula is C11H24N2O. The molecule has 3 heteroatoms. The van der Waals surface area contributed by atoms with Gasteiger partial charge in [0.05, 0.1) is 6.10 Å². The van der Waals surface area contributed by atoms with E-state index in [4.69, 9.17) is 4.74 Å². The molecule has 84 valence electrons. The molecular weight excluding hydrogens is 176 g/mol. The van der Waals surface area contributed by atoms with E-state index in [2.05, 4.69) is 31.1 Å². The van der Waals surface area contributed by atoms with Gasteiger partial charge in [-0.15, -0.1) is 0 Å². The lowest BCUT2D eigenvalue weighted by Gasteiger charge is -2.33. The lowest BCUT2D eigenvalue weighted by atomic mass is 10.1. The number of ether oxygens (including phenoxy) is 1. The van der Waals surface area contributed by atoms with Crippen LogP contribution in [0.1, 0.15) is 26.7 Å². The SMILES string of the molecule is CCC(CNC)N(C)C1CCOC1C. The second kappa shape index (κ2) is 5.69. The molecule has 0 aromatic rings. The van der Waals surface area contributed by atoms with Gasteiger partial charge in [0.2, 0.25) is 0 Å². The van der Waals surface area contributed by atoms with Gasteiger partial charge in [-0.05, 0) is 33.9 Å². The zero-order chi connectivity index (χ0) is 10.6. The Labute approximate surface area is 87.8 Å². The molecule has 1 aliphatic heterocycles. The fraction of sp³-hybridized carbons (Fsp3) is 1.00. The number of hydrogen-bond acceptors (Lipinski definition) is 3. The summed E-state index contributed by atoms with van der Waals surface area (Å²) >= 11 is 0. The smallest absolute Gasteiger partial charge is 0.0703 e. The molecule has 1 heterocycles. The first-order chi connectivity index (χ1) is 6.70. The minimum absolute atomic E-state index is 0.394. The van der Waals surface area contributed by atoms with Gasteiger partial charge in [-0.1, -0.05) is 6.92 Å². The normalized spacial score (nSPS) is 29.8. The maximum absolute atomic E-state index is 5.60. The van der Waals surface area contributed by atoms with Crippen LogP contribution >= 0.6 is 0 Å². The molecule has 1 saturated heterocycles. The van der Waals surface area contributed by atoms with Crippen LogP contribution in [0.15, 0.2) is 0 Å². The number of nitrogens with zero attached hydrogens (tertiary/aromatic N) is 1. The fourth-order valence-corrected chi connectivity index (χ4v) is 2.34. The molecule has 0 spiro atoms. The van der Waals surface area contributed by atoms with Crippen LogP contribution in [0.2, 0.25) is 0 Å². The van der Waals surface area contributed by atoms with Crippen molar-refractivity contribution in [3.05, 3.63) is 0 Å². The highest BCUT2D eigenvalue weighted by molar-refractivity contribution is 4.84. The van der Waals surface area contributed by atoms with Crippen molar-refractivity contribution in [1.29, 1.82) is 0 Å². The molecule has 1 rings (SSSR count). The van der Waals surface area contributed by atoms with Crippen LogP contribution in [0.3, 0.4) is 0 Å². The van der Waals surface area contributed by atoms with Gasteiger partial charge in [0.25, 0.3) is 0 Å². The monoisotopic (exact) mass is 200 g/mol. The summed E-state index contributed by atoms with van der Waals surface area (Å²) in [5, 5.41) is 3.26. The van der Waals surface area contributed by atoms with Crippen LogP contribution in [-0.2, 0) is 4.74 Å². The third-order valence-corrected chi connectivity index (χ3v) is 3.35. The second-order valence-corrected chi connectivity index (χ2v) is 4.22. The van der Waals surface area contributed by atoms with Crippen molar-refractivity contribution < 1.29 is 4.74 Å². The minimum atomic E-state index is 0.394. The molecule has 3 unspecified atom stereocenters. The van der Waals surface area contributed by atoms with Gasteiger partial charge in [-0.3, -0.25) is 4.90 Å². The maximum atomic E-state index is 5.60.